The van der Waals surface area contributed by atoms with E-state index in [1.807, 2.05) is 42.5 Å². The molecule has 12 heteroatoms. The Balaban J connectivity index is 1.85. The van der Waals surface area contributed by atoms with Crippen LogP contribution in [0.2, 0.25) is 0 Å². The lowest BCUT2D eigenvalue weighted by Gasteiger charge is -2.25. The number of hydrogen-bond acceptors (Lipinski definition) is 6. The number of anilines is 1. The van der Waals surface area contributed by atoms with Gasteiger partial charge in [-0.3, -0.25) is 24.8 Å². The van der Waals surface area contributed by atoms with Gasteiger partial charge in [0.15, 0.2) is 5.96 Å². The van der Waals surface area contributed by atoms with E-state index in [-0.39, 0.29) is 37.1 Å². The molecule has 3 amide bonds. The number of guanidine groups is 1. The van der Waals surface area contributed by atoms with Gasteiger partial charge in [-0.1, -0.05) is 66.7 Å². The molecule has 0 saturated carbocycles. The fourth-order valence-electron chi connectivity index (χ4n) is 4.54. The number of amidine groups is 1. The lowest BCUT2D eigenvalue weighted by molar-refractivity contribution is -0.131. The number of aliphatic imine (C=N–C) groups is 1. The number of nitrogens with two attached hydrogens (primary N) is 5. The molecule has 0 radical (unpaired) electrons. The van der Waals surface area contributed by atoms with E-state index in [2.05, 4.69) is 15.6 Å². The van der Waals surface area contributed by atoms with Gasteiger partial charge in [-0.25, -0.2) is 0 Å². The minimum absolute atomic E-state index is 0.0501. The van der Waals surface area contributed by atoms with Gasteiger partial charge in [0, 0.05) is 24.2 Å². The highest BCUT2D eigenvalue weighted by atomic mass is 16.2. The average Bonchev–Trinajstić information content (AvgIpc) is 2.98. The van der Waals surface area contributed by atoms with E-state index in [1.54, 1.807) is 36.4 Å². The first-order valence-electron chi connectivity index (χ1n) is 13.8. The van der Waals surface area contributed by atoms with Crippen LogP contribution in [0.4, 0.5) is 5.69 Å². The van der Waals surface area contributed by atoms with E-state index in [0.29, 0.717) is 24.1 Å². The summed E-state index contributed by atoms with van der Waals surface area (Å²) in [5, 5.41) is 13.2. The first kappa shape index (κ1) is 32.1. The summed E-state index contributed by atoms with van der Waals surface area (Å²) in [7, 11) is 0. The number of benzene rings is 3. The van der Waals surface area contributed by atoms with Crippen molar-refractivity contribution in [1.29, 1.82) is 5.41 Å². The third kappa shape index (κ3) is 10.2. The number of rotatable bonds is 15. The molecule has 0 spiro atoms. The highest BCUT2D eigenvalue weighted by molar-refractivity contribution is 5.95. The molecule has 3 aromatic rings. The van der Waals surface area contributed by atoms with Crippen molar-refractivity contribution in [3.05, 3.63) is 101 Å². The van der Waals surface area contributed by atoms with E-state index in [1.165, 1.54) is 0 Å². The van der Waals surface area contributed by atoms with Crippen molar-refractivity contribution in [2.24, 2.45) is 27.9 Å². The van der Waals surface area contributed by atoms with Crippen molar-refractivity contribution in [2.45, 2.75) is 43.7 Å². The quantitative estimate of drug-likeness (QED) is 0.0547. The Morgan fingerprint density at radius 1 is 0.744 bits per heavy atom. The van der Waals surface area contributed by atoms with Crippen LogP contribution in [0.25, 0.3) is 0 Å². The van der Waals surface area contributed by atoms with E-state index in [9.17, 15) is 14.4 Å². The van der Waals surface area contributed by atoms with Crippen LogP contribution in [0, 0.1) is 5.41 Å². The number of nitrogens with one attached hydrogen (secondary N) is 3. The number of carbonyl (C=O) groups is 3. The van der Waals surface area contributed by atoms with Crippen LogP contribution in [-0.2, 0) is 27.2 Å². The van der Waals surface area contributed by atoms with Crippen LogP contribution < -0.4 is 39.3 Å². The van der Waals surface area contributed by atoms with Gasteiger partial charge >= 0.3 is 0 Å². The third-order valence-corrected chi connectivity index (χ3v) is 6.88. The van der Waals surface area contributed by atoms with Crippen molar-refractivity contribution in [3.8, 4) is 0 Å². The summed E-state index contributed by atoms with van der Waals surface area (Å²) in [6.45, 7) is 0.264. The van der Waals surface area contributed by atoms with E-state index < -0.39 is 29.8 Å². The molecule has 3 atom stereocenters. The topological polar surface area (TPSA) is 242 Å². The van der Waals surface area contributed by atoms with E-state index >= 15 is 0 Å². The van der Waals surface area contributed by atoms with Crippen LogP contribution in [0.3, 0.4) is 0 Å². The summed E-state index contributed by atoms with van der Waals surface area (Å²) < 4.78 is 0. The molecular weight excluding hydrogens is 546 g/mol. The summed E-state index contributed by atoms with van der Waals surface area (Å²) in [5.74, 6) is -2.42. The van der Waals surface area contributed by atoms with Gasteiger partial charge in [0.05, 0.1) is 5.92 Å². The number of amides is 3. The van der Waals surface area contributed by atoms with Gasteiger partial charge in [-0.2, -0.15) is 0 Å². The Morgan fingerprint density at radius 2 is 1.33 bits per heavy atom. The molecule has 0 aromatic heterocycles. The van der Waals surface area contributed by atoms with Crippen molar-refractivity contribution in [3.63, 3.8) is 0 Å². The first-order chi connectivity index (χ1) is 20.5. The van der Waals surface area contributed by atoms with Crippen LogP contribution >= 0.6 is 0 Å². The SMILES string of the molecule is N=C(N)c1ccc(C[C@H](C(=O)N[C@@H](Cc2ccc(N)cc2)C(=O)NC(CCCN=C(N)N)C(N)=O)c2ccccc2)cc1. The molecule has 0 saturated heterocycles. The summed E-state index contributed by atoms with van der Waals surface area (Å²) in [6, 6.07) is 21.3. The number of primary amides is 1. The normalized spacial score (nSPS) is 12.7. The summed E-state index contributed by atoms with van der Waals surface area (Å²) >= 11 is 0. The molecule has 13 N–H and O–H groups in total. The monoisotopic (exact) mass is 585 g/mol. The zero-order chi connectivity index (χ0) is 31.4. The third-order valence-electron chi connectivity index (χ3n) is 6.88. The molecule has 0 fully saturated rings. The number of hydrogen-bond donors (Lipinski definition) is 8. The minimum atomic E-state index is -1.03. The van der Waals surface area contributed by atoms with Crippen LogP contribution in [0.15, 0.2) is 83.9 Å². The Bertz CT molecular complexity index is 1420. The fourth-order valence-corrected chi connectivity index (χ4v) is 4.54. The zero-order valence-electron chi connectivity index (χ0n) is 23.8. The molecule has 1 unspecified atom stereocenters. The Hall–Kier alpha value is -5.39. The molecule has 3 aromatic carbocycles. The van der Waals surface area contributed by atoms with Gasteiger partial charge in [0.25, 0.3) is 0 Å². The van der Waals surface area contributed by atoms with Crippen LogP contribution in [0.5, 0.6) is 0 Å². The van der Waals surface area contributed by atoms with E-state index in [0.717, 1.165) is 16.7 Å². The van der Waals surface area contributed by atoms with Crippen molar-refractivity contribution in [1.82, 2.24) is 10.6 Å². The zero-order valence-corrected chi connectivity index (χ0v) is 23.8. The molecule has 3 rings (SSSR count). The smallest absolute Gasteiger partial charge is 0.243 e. The second kappa shape index (κ2) is 15.6. The van der Waals surface area contributed by atoms with Crippen molar-refractivity contribution < 1.29 is 14.4 Å². The summed E-state index contributed by atoms with van der Waals surface area (Å²) in [6.07, 6.45) is 1.09. The Kier molecular flexibility index (Phi) is 11.6. The highest BCUT2D eigenvalue weighted by Crippen LogP contribution is 2.22. The standard InChI is InChI=1S/C31H39N9O3/c32-23-14-10-20(11-15-23)18-26(30(43)39-25(28(35)41)7-4-16-38-31(36)37)40-29(42)24(21-5-2-1-3-6-21)17-19-8-12-22(13-9-19)27(33)34/h1-3,5-6,8-15,24-26H,4,7,16-18,32H2,(H3,33,34)(H2,35,41)(H,39,43)(H,40,42)(H4,36,37,38)/t24-,25?,26-/m0/s1. The predicted octanol–water partition coefficient (Wildman–Crippen LogP) is 0.630. The number of nitrogen functional groups attached to an aromatic ring is 2. The van der Waals surface area contributed by atoms with Gasteiger partial charge in [0.2, 0.25) is 17.7 Å². The molecule has 0 heterocycles. The average molecular weight is 586 g/mol. The van der Waals surface area contributed by atoms with Crippen LogP contribution in [-0.4, -0.2) is 48.1 Å². The summed E-state index contributed by atoms with van der Waals surface area (Å²) in [4.78, 5) is 43.5. The molecule has 43 heavy (non-hydrogen) atoms. The molecular formula is C31H39N9O3. The van der Waals surface area contributed by atoms with Gasteiger partial charge in [-0.05, 0) is 48.1 Å². The maximum Gasteiger partial charge on any atom is 0.243 e. The Labute approximate surface area is 250 Å². The fraction of sp³-hybridized carbons (Fsp3) is 0.258. The second-order valence-corrected chi connectivity index (χ2v) is 10.2. The minimum Gasteiger partial charge on any atom is -0.399 e. The van der Waals surface area contributed by atoms with Gasteiger partial charge in [0.1, 0.15) is 17.9 Å². The number of carbonyl (C=O) groups excluding carboxylic acids is 3. The largest absolute Gasteiger partial charge is 0.399 e. The van der Waals surface area contributed by atoms with Crippen molar-refractivity contribution in [2.75, 3.05) is 12.3 Å². The molecule has 0 aliphatic rings. The Morgan fingerprint density at radius 3 is 1.91 bits per heavy atom. The maximum atomic E-state index is 13.9. The second-order valence-electron chi connectivity index (χ2n) is 10.2. The lowest BCUT2D eigenvalue weighted by Crippen LogP contribution is -2.54. The van der Waals surface area contributed by atoms with E-state index in [4.69, 9.17) is 34.1 Å². The summed E-state index contributed by atoms with van der Waals surface area (Å²) in [5.41, 5.74) is 31.2. The molecule has 0 aliphatic heterocycles. The maximum absolute atomic E-state index is 13.9. The highest BCUT2D eigenvalue weighted by Gasteiger charge is 2.29. The van der Waals surface area contributed by atoms with Crippen LogP contribution in [0.1, 0.15) is 41.0 Å². The predicted molar refractivity (Wildman–Crippen MR) is 168 cm³/mol. The van der Waals surface area contributed by atoms with Gasteiger partial charge in [-0.15, -0.1) is 0 Å². The number of nitrogens with zero attached hydrogens (tertiary/aromatic N) is 1. The molecule has 226 valence electrons. The molecule has 12 nitrogen and oxygen atoms in total. The lowest BCUT2D eigenvalue weighted by atomic mass is 9.90. The van der Waals surface area contributed by atoms with Gasteiger partial charge < -0.3 is 39.3 Å². The molecule has 0 bridgehead atoms. The van der Waals surface area contributed by atoms with Crippen molar-refractivity contribution >= 4 is 35.2 Å². The first-order valence-corrected chi connectivity index (χ1v) is 13.8. The molecule has 0 aliphatic carbocycles.